The van der Waals surface area contributed by atoms with Crippen molar-refractivity contribution in [2.75, 3.05) is 31.1 Å². The normalized spacial score (nSPS) is 15.2. The van der Waals surface area contributed by atoms with Crippen molar-refractivity contribution < 1.29 is 9.21 Å². The van der Waals surface area contributed by atoms with Crippen LogP contribution in [0.4, 0.5) is 5.69 Å². The highest BCUT2D eigenvalue weighted by Gasteiger charge is 2.20. The predicted octanol–water partition coefficient (Wildman–Crippen LogP) is 3.19. The highest BCUT2D eigenvalue weighted by atomic mass is 16.3. The van der Waals surface area contributed by atoms with Gasteiger partial charge in [0.25, 0.3) is 5.56 Å². The predicted molar refractivity (Wildman–Crippen MR) is 116 cm³/mol. The number of Topliss-reactive ketones (excluding diaryl/α,β-unsaturated/α-hetero) is 1. The first-order chi connectivity index (χ1) is 14.6. The molecule has 152 valence electrons. The van der Waals surface area contributed by atoms with Crippen molar-refractivity contribution in [3.8, 4) is 0 Å². The number of ketones is 1. The third kappa shape index (κ3) is 3.37. The van der Waals surface area contributed by atoms with Crippen molar-refractivity contribution in [2.24, 2.45) is 0 Å². The molecule has 0 unspecified atom stereocenters. The first-order valence-corrected chi connectivity index (χ1v) is 10.1. The molecular formula is C23H22N4O3. The fourth-order valence-corrected chi connectivity index (χ4v) is 4.01. The summed E-state index contributed by atoms with van der Waals surface area (Å²) in [5, 5.41) is 0.860. The summed E-state index contributed by atoms with van der Waals surface area (Å²) in [6, 6.07) is 15.3. The van der Waals surface area contributed by atoms with E-state index in [1.807, 2.05) is 48.5 Å². The van der Waals surface area contributed by atoms with Gasteiger partial charge in [0.1, 0.15) is 16.9 Å². The molecule has 0 aliphatic carbocycles. The molecule has 0 saturated carbocycles. The van der Waals surface area contributed by atoms with E-state index in [4.69, 9.17) is 4.42 Å². The van der Waals surface area contributed by atoms with Crippen LogP contribution in [0.1, 0.15) is 23.1 Å². The zero-order chi connectivity index (χ0) is 20.7. The lowest BCUT2D eigenvalue weighted by Gasteiger charge is -2.35. The van der Waals surface area contributed by atoms with Crippen molar-refractivity contribution >= 4 is 33.5 Å². The summed E-state index contributed by atoms with van der Waals surface area (Å²) in [5.41, 5.74) is 3.18. The number of benzene rings is 2. The number of carbonyl (C=O) groups excluding carboxylic acids is 1. The van der Waals surface area contributed by atoms with Gasteiger partial charge in [-0.3, -0.25) is 14.5 Å². The van der Waals surface area contributed by atoms with Gasteiger partial charge < -0.3 is 14.3 Å². The number of H-pyrrole nitrogens is 1. The van der Waals surface area contributed by atoms with Crippen molar-refractivity contribution in [2.45, 2.75) is 13.5 Å². The SMILES string of the molecule is CC(=O)c1ccc(N2CCN(Cc3nc4c(oc5ccccc54)c(=O)[nH]3)CC2)cc1. The van der Waals surface area contributed by atoms with Gasteiger partial charge in [-0.25, -0.2) is 4.98 Å². The Balaban J connectivity index is 1.30. The van der Waals surface area contributed by atoms with Gasteiger partial charge in [-0.1, -0.05) is 12.1 Å². The van der Waals surface area contributed by atoms with Crippen LogP contribution in [0.5, 0.6) is 0 Å². The van der Waals surface area contributed by atoms with Crippen LogP contribution in [-0.2, 0) is 6.54 Å². The minimum Gasteiger partial charge on any atom is -0.449 e. The quantitative estimate of drug-likeness (QED) is 0.528. The number of aromatic amines is 1. The van der Waals surface area contributed by atoms with Gasteiger partial charge in [-0.15, -0.1) is 0 Å². The Labute approximate surface area is 172 Å². The summed E-state index contributed by atoms with van der Waals surface area (Å²) in [7, 11) is 0. The van der Waals surface area contributed by atoms with E-state index in [0.29, 0.717) is 23.5 Å². The molecule has 1 N–H and O–H groups in total. The number of carbonyl (C=O) groups is 1. The van der Waals surface area contributed by atoms with E-state index in [1.165, 1.54) is 0 Å². The van der Waals surface area contributed by atoms with Crippen LogP contribution in [0, 0.1) is 0 Å². The Morgan fingerprint density at radius 3 is 2.53 bits per heavy atom. The molecule has 7 nitrogen and oxygen atoms in total. The summed E-state index contributed by atoms with van der Waals surface area (Å²) in [5.74, 6) is 0.730. The zero-order valence-electron chi connectivity index (χ0n) is 16.7. The molecule has 3 heterocycles. The maximum atomic E-state index is 12.5. The zero-order valence-corrected chi connectivity index (χ0v) is 16.7. The summed E-state index contributed by atoms with van der Waals surface area (Å²) in [6.45, 7) is 5.64. The lowest BCUT2D eigenvalue weighted by molar-refractivity contribution is 0.101. The molecular weight excluding hydrogens is 380 g/mol. The van der Waals surface area contributed by atoms with Crippen LogP contribution >= 0.6 is 0 Å². The second kappa shape index (κ2) is 7.42. The minimum atomic E-state index is -0.240. The van der Waals surface area contributed by atoms with Crippen LogP contribution in [0.3, 0.4) is 0 Å². The number of nitrogens with one attached hydrogen (secondary N) is 1. The molecule has 0 spiro atoms. The molecule has 2 aromatic heterocycles. The number of anilines is 1. The van der Waals surface area contributed by atoms with Gasteiger partial charge in [0.05, 0.1) is 6.54 Å². The molecule has 2 aromatic carbocycles. The number of nitrogens with zero attached hydrogens (tertiary/aromatic N) is 3. The lowest BCUT2D eigenvalue weighted by Crippen LogP contribution is -2.46. The molecule has 0 amide bonds. The van der Waals surface area contributed by atoms with E-state index in [1.54, 1.807) is 6.92 Å². The molecule has 0 atom stereocenters. The first kappa shape index (κ1) is 18.6. The van der Waals surface area contributed by atoms with Gasteiger partial charge in [-0.2, -0.15) is 0 Å². The number of aromatic nitrogens is 2. The fourth-order valence-electron chi connectivity index (χ4n) is 4.01. The lowest BCUT2D eigenvalue weighted by atomic mass is 10.1. The van der Waals surface area contributed by atoms with Gasteiger partial charge >= 0.3 is 0 Å². The van der Waals surface area contributed by atoms with E-state index < -0.39 is 0 Å². The standard InChI is InChI=1S/C23H22N4O3/c1-15(28)16-6-8-17(9-7-16)27-12-10-26(11-13-27)14-20-24-21-18-4-2-3-5-19(18)30-22(21)23(29)25-20/h2-9H,10-14H2,1H3,(H,24,25,29). The summed E-state index contributed by atoms with van der Waals surface area (Å²) < 4.78 is 5.67. The molecule has 1 fully saturated rings. The highest BCUT2D eigenvalue weighted by Crippen LogP contribution is 2.24. The highest BCUT2D eigenvalue weighted by molar-refractivity contribution is 6.01. The number of hydrogen-bond donors (Lipinski definition) is 1. The van der Waals surface area contributed by atoms with E-state index in [2.05, 4.69) is 19.8 Å². The van der Waals surface area contributed by atoms with Crippen LogP contribution < -0.4 is 10.5 Å². The smallest absolute Gasteiger partial charge is 0.294 e. The van der Waals surface area contributed by atoms with Gasteiger partial charge in [0, 0.05) is 42.8 Å². The minimum absolute atomic E-state index is 0.0789. The van der Waals surface area contributed by atoms with Crippen molar-refractivity contribution in [1.82, 2.24) is 14.9 Å². The number of furan rings is 1. The number of fused-ring (bicyclic) bond motifs is 3. The fraction of sp³-hybridized carbons (Fsp3) is 0.261. The Hall–Kier alpha value is -3.45. The monoisotopic (exact) mass is 402 g/mol. The number of rotatable bonds is 4. The van der Waals surface area contributed by atoms with Crippen LogP contribution in [-0.4, -0.2) is 46.8 Å². The number of piperazine rings is 1. The van der Waals surface area contributed by atoms with E-state index in [-0.39, 0.29) is 16.9 Å². The van der Waals surface area contributed by atoms with Gasteiger partial charge in [0.15, 0.2) is 5.78 Å². The van der Waals surface area contributed by atoms with Crippen LogP contribution in [0.2, 0.25) is 0 Å². The third-order valence-electron chi connectivity index (χ3n) is 5.66. The van der Waals surface area contributed by atoms with Crippen molar-refractivity contribution in [1.29, 1.82) is 0 Å². The van der Waals surface area contributed by atoms with E-state index in [0.717, 1.165) is 42.8 Å². The van der Waals surface area contributed by atoms with Gasteiger partial charge in [0.2, 0.25) is 5.58 Å². The molecule has 30 heavy (non-hydrogen) atoms. The van der Waals surface area contributed by atoms with E-state index in [9.17, 15) is 9.59 Å². The summed E-state index contributed by atoms with van der Waals surface area (Å²) >= 11 is 0. The molecule has 1 aliphatic heterocycles. The Bertz CT molecular complexity index is 1280. The first-order valence-electron chi connectivity index (χ1n) is 10.1. The molecule has 4 aromatic rings. The molecule has 1 aliphatic rings. The molecule has 7 heteroatoms. The van der Waals surface area contributed by atoms with Crippen LogP contribution in [0.25, 0.3) is 22.1 Å². The molecule has 0 radical (unpaired) electrons. The molecule has 5 rings (SSSR count). The van der Waals surface area contributed by atoms with E-state index >= 15 is 0 Å². The second-order valence-electron chi connectivity index (χ2n) is 7.65. The largest absolute Gasteiger partial charge is 0.449 e. The molecule has 1 saturated heterocycles. The maximum Gasteiger partial charge on any atom is 0.294 e. The average molecular weight is 402 g/mol. The maximum absolute atomic E-state index is 12.5. The topological polar surface area (TPSA) is 82.4 Å². The number of para-hydroxylation sites is 1. The Morgan fingerprint density at radius 2 is 1.80 bits per heavy atom. The van der Waals surface area contributed by atoms with Crippen LogP contribution in [0.15, 0.2) is 57.7 Å². The number of hydrogen-bond acceptors (Lipinski definition) is 6. The van der Waals surface area contributed by atoms with Gasteiger partial charge in [-0.05, 0) is 43.3 Å². The average Bonchev–Trinajstić information content (AvgIpc) is 3.14. The Morgan fingerprint density at radius 1 is 1.07 bits per heavy atom. The van der Waals surface area contributed by atoms with Crippen molar-refractivity contribution in [3.05, 3.63) is 70.3 Å². The summed E-state index contributed by atoms with van der Waals surface area (Å²) in [6.07, 6.45) is 0. The Kier molecular flexibility index (Phi) is 4.59. The van der Waals surface area contributed by atoms with Crippen molar-refractivity contribution in [3.63, 3.8) is 0 Å². The second-order valence-corrected chi connectivity index (χ2v) is 7.65. The summed E-state index contributed by atoms with van der Waals surface area (Å²) in [4.78, 5) is 36.1. The third-order valence-corrected chi connectivity index (χ3v) is 5.66. The molecule has 0 bridgehead atoms.